The maximum atomic E-state index is 5.66. The van der Waals surface area contributed by atoms with Crippen molar-refractivity contribution in [3.05, 3.63) is 41.7 Å². The Labute approximate surface area is 130 Å². The Kier molecular flexibility index (Phi) is 4.42. The van der Waals surface area contributed by atoms with Crippen molar-refractivity contribution >= 4 is 5.82 Å². The zero-order valence-electron chi connectivity index (χ0n) is 13.0. The van der Waals surface area contributed by atoms with Crippen LogP contribution >= 0.6 is 0 Å². The van der Waals surface area contributed by atoms with E-state index in [1.54, 1.807) is 12.4 Å². The number of anilines is 1. The number of nitrogens with zero attached hydrogens (tertiary/aromatic N) is 2. The predicted molar refractivity (Wildman–Crippen MR) is 85.6 cm³/mol. The SMILES string of the molecule is CC(C)Oc1nccnc1NCCc1ccc2c(c1)CCO2. The van der Waals surface area contributed by atoms with Gasteiger partial charge in [-0.3, -0.25) is 0 Å². The molecule has 5 heteroatoms. The molecule has 0 unspecified atom stereocenters. The fourth-order valence-corrected chi connectivity index (χ4v) is 2.48. The molecule has 3 rings (SSSR count). The highest BCUT2D eigenvalue weighted by Crippen LogP contribution is 2.26. The van der Waals surface area contributed by atoms with E-state index in [2.05, 4.69) is 33.5 Å². The summed E-state index contributed by atoms with van der Waals surface area (Å²) in [6.07, 6.45) is 5.32. The summed E-state index contributed by atoms with van der Waals surface area (Å²) in [7, 11) is 0. The summed E-state index contributed by atoms with van der Waals surface area (Å²) in [5, 5.41) is 3.30. The molecule has 0 amide bonds. The molecule has 0 bridgehead atoms. The lowest BCUT2D eigenvalue weighted by Gasteiger charge is -2.13. The molecule has 0 aliphatic carbocycles. The van der Waals surface area contributed by atoms with Crippen LogP contribution in [-0.4, -0.2) is 29.2 Å². The molecule has 0 saturated heterocycles. The molecular formula is C17H21N3O2. The summed E-state index contributed by atoms with van der Waals surface area (Å²) in [5.41, 5.74) is 2.60. The number of hydrogen-bond acceptors (Lipinski definition) is 5. The minimum absolute atomic E-state index is 0.0777. The molecule has 22 heavy (non-hydrogen) atoms. The molecule has 2 aromatic rings. The number of rotatable bonds is 6. The molecule has 0 spiro atoms. The first-order valence-electron chi connectivity index (χ1n) is 7.68. The van der Waals surface area contributed by atoms with Crippen LogP contribution in [0.3, 0.4) is 0 Å². The number of nitrogens with one attached hydrogen (secondary N) is 1. The molecule has 116 valence electrons. The summed E-state index contributed by atoms with van der Waals surface area (Å²) >= 11 is 0. The van der Waals surface area contributed by atoms with Gasteiger partial charge in [-0.2, -0.15) is 0 Å². The molecule has 0 atom stereocenters. The maximum Gasteiger partial charge on any atom is 0.257 e. The van der Waals surface area contributed by atoms with Crippen LogP contribution in [-0.2, 0) is 12.8 Å². The van der Waals surface area contributed by atoms with Crippen molar-refractivity contribution in [3.63, 3.8) is 0 Å². The van der Waals surface area contributed by atoms with E-state index in [0.717, 1.165) is 31.7 Å². The number of benzene rings is 1. The minimum Gasteiger partial charge on any atom is -0.493 e. The van der Waals surface area contributed by atoms with Gasteiger partial charge >= 0.3 is 0 Å². The fourth-order valence-electron chi connectivity index (χ4n) is 2.48. The largest absolute Gasteiger partial charge is 0.493 e. The van der Waals surface area contributed by atoms with E-state index in [0.29, 0.717) is 11.7 Å². The van der Waals surface area contributed by atoms with Crippen molar-refractivity contribution in [1.29, 1.82) is 0 Å². The second kappa shape index (κ2) is 6.64. The topological polar surface area (TPSA) is 56.3 Å². The molecular weight excluding hydrogens is 278 g/mol. The smallest absolute Gasteiger partial charge is 0.257 e. The van der Waals surface area contributed by atoms with Gasteiger partial charge in [0.25, 0.3) is 5.88 Å². The highest BCUT2D eigenvalue weighted by Gasteiger charge is 2.12. The second-order valence-corrected chi connectivity index (χ2v) is 5.59. The lowest BCUT2D eigenvalue weighted by Crippen LogP contribution is -2.12. The average molecular weight is 299 g/mol. The molecule has 1 aromatic heterocycles. The number of hydrogen-bond donors (Lipinski definition) is 1. The van der Waals surface area contributed by atoms with Crippen LogP contribution in [0.25, 0.3) is 0 Å². The zero-order valence-corrected chi connectivity index (χ0v) is 13.0. The molecule has 1 aliphatic rings. The van der Waals surface area contributed by atoms with Crippen molar-refractivity contribution in [1.82, 2.24) is 9.97 Å². The van der Waals surface area contributed by atoms with Crippen molar-refractivity contribution in [3.8, 4) is 11.6 Å². The summed E-state index contributed by atoms with van der Waals surface area (Å²) in [6.45, 7) is 5.54. The van der Waals surface area contributed by atoms with Crippen LogP contribution in [0.1, 0.15) is 25.0 Å². The van der Waals surface area contributed by atoms with E-state index in [1.165, 1.54) is 11.1 Å². The molecule has 1 aromatic carbocycles. The Morgan fingerprint density at radius 2 is 2.14 bits per heavy atom. The van der Waals surface area contributed by atoms with Crippen LogP contribution < -0.4 is 14.8 Å². The first-order chi connectivity index (χ1) is 10.7. The molecule has 5 nitrogen and oxygen atoms in total. The lowest BCUT2D eigenvalue weighted by atomic mass is 10.1. The van der Waals surface area contributed by atoms with Crippen molar-refractivity contribution in [2.75, 3.05) is 18.5 Å². The van der Waals surface area contributed by atoms with Gasteiger partial charge in [-0.25, -0.2) is 9.97 Å². The highest BCUT2D eigenvalue weighted by molar-refractivity contribution is 5.45. The van der Waals surface area contributed by atoms with Gasteiger partial charge in [-0.15, -0.1) is 0 Å². The fraction of sp³-hybridized carbons (Fsp3) is 0.412. The lowest BCUT2D eigenvalue weighted by molar-refractivity contribution is 0.233. The Bertz CT molecular complexity index is 644. The molecule has 2 heterocycles. The third kappa shape index (κ3) is 3.47. The quantitative estimate of drug-likeness (QED) is 0.889. The Morgan fingerprint density at radius 3 is 3.00 bits per heavy atom. The summed E-state index contributed by atoms with van der Waals surface area (Å²) in [5.74, 6) is 2.28. The third-order valence-electron chi connectivity index (χ3n) is 3.47. The first kappa shape index (κ1) is 14.6. The highest BCUT2D eigenvalue weighted by atomic mass is 16.5. The molecule has 1 N–H and O–H groups in total. The second-order valence-electron chi connectivity index (χ2n) is 5.59. The molecule has 0 radical (unpaired) electrons. The van der Waals surface area contributed by atoms with E-state index in [9.17, 15) is 0 Å². The van der Waals surface area contributed by atoms with Crippen LogP contribution in [0.2, 0.25) is 0 Å². The Balaban J connectivity index is 1.59. The van der Waals surface area contributed by atoms with Gasteiger partial charge in [-0.1, -0.05) is 12.1 Å². The Morgan fingerprint density at radius 1 is 1.27 bits per heavy atom. The van der Waals surface area contributed by atoms with Crippen LogP contribution in [0.4, 0.5) is 5.82 Å². The molecule has 1 aliphatic heterocycles. The average Bonchev–Trinajstić information content (AvgIpc) is 2.96. The van der Waals surface area contributed by atoms with Gasteiger partial charge in [0.15, 0.2) is 5.82 Å². The van der Waals surface area contributed by atoms with E-state index < -0.39 is 0 Å². The molecule has 0 saturated carbocycles. The van der Waals surface area contributed by atoms with Gasteiger partial charge in [0, 0.05) is 25.4 Å². The monoisotopic (exact) mass is 299 g/mol. The standard InChI is InChI=1S/C17H21N3O2/c1-12(2)22-17-16(19-8-9-20-17)18-7-5-13-3-4-15-14(11-13)6-10-21-15/h3-4,8-9,11-12H,5-7,10H2,1-2H3,(H,18,19). The van der Waals surface area contributed by atoms with E-state index in [4.69, 9.17) is 9.47 Å². The van der Waals surface area contributed by atoms with Crippen LogP contribution in [0.15, 0.2) is 30.6 Å². The summed E-state index contributed by atoms with van der Waals surface area (Å²) in [4.78, 5) is 8.53. The van der Waals surface area contributed by atoms with Gasteiger partial charge in [-0.05, 0) is 37.5 Å². The minimum atomic E-state index is 0.0777. The number of ether oxygens (including phenoxy) is 2. The summed E-state index contributed by atoms with van der Waals surface area (Å²) in [6, 6.07) is 6.41. The van der Waals surface area contributed by atoms with Crippen molar-refractivity contribution < 1.29 is 9.47 Å². The third-order valence-corrected chi connectivity index (χ3v) is 3.47. The van der Waals surface area contributed by atoms with Gasteiger partial charge in [0.2, 0.25) is 0 Å². The number of fused-ring (bicyclic) bond motifs is 1. The van der Waals surface area contributed by atoms with Crippen LogP contribution in [0.5, 0.6) is 11.6 Å². The predicted octanol–water partition coefficient (Wildman–Crippen LogP) is 2.85. The van der Waals surface area contributed by atoms with Crippen molar-refractivity contribution in [2.45, 2.75) is 32.8 Å². The van der Waals surface area contributed by atoms with Gasteiger partial charge in [0.1, 0.15) is 5.75 Å². The van der Waals surface area contributed by atoms with Crippen molar-refractivity contribution in [2.24, 2.45) is 0 Å². The number of aromatic nitrogens is 2. The van der Waals surface area contributed by atoms with E-state index in [1.807, 2.05) is 13.8 Å². The van der Waals surface area contributed by atoms with E-state index >= 15 is 0 Å². The van der Waals surface area contributed by atoms with E-state index in [-0.39, 0.29) is 6.10 Å². The maximum absolute atomic E-state index is 5.66. The van der Waals surface area contributed by atoms with Gasteiger partial charge < -0.3 is 14.8 Å². The molecule has 0 fully saturated rings. The van der Waals surface area contributed by atoms with Gasteiger partial charge in [0.05, 0.1) is 12.7 Å². The zero-order chi connectivity index (χ0) is 15.4. The summed E-state index contributed by atoms with van der Waals surface area (Å²) < 4.78 is 11.2. The van der Waals surface area contributed by atoms with Crippen LogP contribution in [0, 0.1) is 0 Å². The Hall–Kier alpha value is -2.30. The normalized spacial score (nSPS) is 12.9. The first-order valence-corrected chi connectivity index (χ1v) is 7.68.